The second-order valence-corrected chi connectivity index (χ2v) is 7.17. The lowest BCUT2D eigenvalue weighted by Crippen LogP contribution is -2.08. The molecule has 0 bridgehead atoms. The molecule has 3 N–H and O–H groups in total. The van der Waals surface area contributed by atoms with Gasteiger partial charge in [0, 0.05) is 41.9 Å². The number of ether oxygens (including phenoxy) is 2. The summed E-state index contributed by atoms with van der Waals surface area (Å²) in [4.78, 5) is 8.34. The largest absolute Gasteiger partial charge is 0.454 e. The van der Waals surface area contributed by atoms with Crippen LogP contribution in [0.3, 0.4) is 0 Å². The van der Waals surface area contributed by atoms with Crippen LogP contribution in [0.5, 0.6) is 11.5 Å². The van der Waals surface area contributed by atoms with Crippen molar-refractivity contribution in [1.82, 2.24) is 20.2 Å². The van der Waals surface area contributed by atoms with E-state index in [4.69, 9.17) is 9.47 Å². The molecule has 11 heteroatoms. The molecule has 1 aliphatic heterocycles. The van der Waals surface area contributed by atoms with Crippen molar-refractivity contribution < 1.29 is 22.6 Å². The molecule has 2 aromatic heterocycles. The molecule has 33 heavy (non-hydrogen) atoms. The van der Waals surface area contributed by atoms with Crippen molar-refractivity contribution in [3.05, 3.63) is 72.1 Å². The zero-order valence-corrected chi connectivity index (χ0v) is 17.0. The van der Waals surface area contributed by atoms with Crippen LogP contribution in [0.1, 0.15) is 11.1 Å². The zero-order chi connectivity index (χ0) is 22.8. The Morgan fingerprint density at radius 3 is 2.61 bits per heavy atom. The first kappa shape index (κ1) is 20.6. The van der Waals surface area contributed by atoms with E-state index < -0.39 is 11.7 Å². The van der Waals surface area contributed by atoms with Crippen LogP contribution < -0.4 is 20.1 Å². The predicted molar refractivity (Wildman–Crippen MR) is 114 cm³/mol. The van der Waals surface area contributed by atoms with E-state index in [-0.39, 0.29) is 18.4 Å². The number of fused-ring (bicyclic) bond motifs is 1. The van der Waals surface area contributed by atoms with Crippen LogP contribution in [0, 0.1) is 0 Å². The summed E-state index contributed by atoms with van der Waals surface area (Å²) in [6, 6.07) is 12.3. The molecule has 0 saturated heterocycles. The molecule has 8 nitrogen and oxygen atoms in total. The van der Waals surface area contributed by atoms with E-state index in [2.05, 4.69) is 30.8 Å². The van der Waals surface area contributed by atoms with Gasteiger partial charge in [-0.1, -0.05) is 0 Å². The van der Waals surface area contributed by atoms with E-state index in [0.29, 0.717) is 35.1 Å². The molecule has 4 aromatic rings. The van der Waals surface area contributed by atoms with Gasteiger partial charge in [0.2, 0.25) is 12.7 Å². The molecule has 5 rings (SSSR count). The molecule has 0 amide bonds. The highest BCUT2D eigenvalue weighted by Crippen LogP contribution is 2.37. The van der Waals surface area contributed by atoms with Gasteiger partial charge in [0.05, 0.1) is 5.56 Å². The number of anilines is 3. The number of aromatic amines is 1. The Morgan fingerprint density at radius 1 is 0.970 bits per heavy atom. The average Bonchev–Trinajstić information content (AvgIpc) is 3.47. The first-order valence-electron chi connectivity index (χ1n) is 9.89. The van der Waals surface area contributed by atoms with Crippen molar-refractivity contribution in [3.8, 4) is 22.9 Å². The fourth-order valence-electron chi connectivity index (χ4n) is 3.31. The molecular formula is C22H17F3N6O2. The minimum absolute atomic E-state index is 0.160. The molecule has 0 saturated carbocycles. The summed E-state index contributed by atoms with van der Waals surface area (Å²) in [6.07, 6.45) is -1.23. The van der Waals surface area contributed by atoms with Crippen LogP contribution in [-0.2, 0) is 12.7 Å². The third-order valence-electron chi connectivity index (χ3n) is 4.95. The van der Waals surface area contributed by atoms with E-state index in [0.717, 1.165) is 17.7 Å². The van der Waals surface area contributed by atoms with E-state index >= 15 is 0 Å². The van der Waals surface area contributed by atoms with E-state index in [1.807, 2.05) is 0 Å². The number of aromatic nitrogens is 4. The summed E-state index contributed by atoms with van der Waals surface area (Å²) in [5, 5.41) is 13.0. The Balaban J connectivity index is 1.41. The molecule has 0 aliphatic carbocycles. The number of pyridine rings is 1. The van der Waals surface area contributed by atoms with Crippen LogP contribution in [0.4, 0.5) is 30.5 Å². The number of H-pyrrole nitrogens is 1. The fourth-order valence-corrected chi connectivity index (χ4v) is 3.31. The summed E-state index contributed by atoms with van der Waals surface area (Å²) >= 11 is 0. The molecule has 1 aliphatic rings. The van der Waals surface area contributed by atoms with Gasteiger partial charge in [-0.2, -0.15) is 18.2 Å². The van der Waals surface area contributed by atoms with Gasteiger partial charge in [-0.05, 0) is 48.0 Å². The number of nitrogens with zero attached hydrogens (tertiary/aromatic N) is 3. The maximum atomic E-state index is 13.3. The van der Waals surface area contributed by atoms with Crippen molar-refractivity contribution in [1.29, 1.82) is 0 Å². The molecule has 2 aromatic carbocycles. The molecule has 0 unspecified atom stereocenters. The lowest BCUT2D eigenvalue weighted by Gasteiger charge is -2.14. The van der Waals surface area contributed by atoms with Crippen LogP contribution in [-0.4, -0.2) is 27.0 Å². The van der Waals surface area contributed by atoms with E-state index in [1.165, 1.54) is 6.07 Å². The van der Waals surface area contributed by atoms with Crippen LogP contribution in [0.25, 0.3) is 11.4 Å². The summed E-state index contributed by atoms with van der Waals surface area (Å²) < 4.78 is 50.6. The maximum absolute atomic E-state index is 13.3. The molecule has 0 atom stereocenters. The van der Waals surface area contributed by atoms with Crippen LogP contribution in [0.15, 0.2) is 60.9 Å². The monoisotopic (exact) mass is 454 g/mol. The van der Waals surface area contributed by atoms with Crippen LogP contribution in [0.2, 0.25) is 0 Å². The predicted octanol–water partition coefficient (Wildman–Crippen LogP) is 4.97. The Kier molecular flexibility index (Phi) is 5.21. The number of hydrogen-bond acceptors (Lipinski definition) is 7. The third-order valence-corrected chi connectivity index (χ3v) is 4.95. The minimum atomic E-state index is -4.47. The van der Waals surface area contributed by atoms with E-state index in [9.17, 15) is 13.2 Å². The quantitative estimate of drug-likeness (QED) is 0.379. The van der Waals surface area contributed by atoms with Gasteiger partial charge in [0.1, 0.15) is 0 Å². The van der Waals surface area contributed by atoms with Gasteiger partial charge >= 0.3 is 6.18 Å². The Labute approximate surface area is 185 Å². The van der Waals surface area contributed by atoms with Crippen molar-refractivity contribution in [2.24, 2.45) is 0 Å². The number of hydrogen-bond donors (Lipinski definition) is 3. The number of alkyl halides is 3. The Hall–Kier alpha value is -4.28. The van der Waals surface area contributed by atoms with Gasteiger partial charge in [-0.15, -0.1) is 5.10 Å². The van der Waals surface area contributed by atoms with Crippen LogP contribution >= 0.6 is 0 Å². The Bertz CT molecular complexity index is 1280. The number of nitrogens with one attached hydrogen (secondary N) is 3. The number of halogens is 3. The van der Waals surface area contributed by atoms with Gasteiger partial charge in [-0.25, -0.2) is 0 Å². The third kappa shape index (κ3) is 4.52. The fraction of sp³-hybridized carbons (Fsp3) is 0.136. The summed E-state index contributed by atoms with van der Waals surface area (Å²) in [5.41, 5.74) is 1.50. The Morgan fingerprint density at radius 2 is 1.79 bits per heavy atom. The molecule has 0 radical (unpaired) electrons. The molecular weight excluding hydrogens is 437 g/mol. The summed E-state index contributed by atoms with van der Waals surface area (Å²) in [7, 11) is 0. The summed E-state index contributed by atoms with van der Waals surface area (Å²) in [5.74, 6) is 1.81. The highest BCUT2D eigenvalue weighted by molar-refractivity contribution is 5.75. The van der Waals surface area contributed by atoms with Crippen molar-refractivity contribution in [3.63, 3.8) is 0 Å². The van der Waals surface area contributed by atoms with Gasteiger partial charge in [0.15, 0.2) is 17.3 Å². The zero-order valence-electron chi connectivity index (χ0n) is 17.0. The van der Waals surface area contributed by atoms with E-state index in [1.54, 1.807) is 42.7 Å². The molecule has 0 spiro atoms. The standard InChI is InChI=1S/C22H17F3N6O2/c23-22(24,25)14-1-3-16(17(9-14)27-11-13-5-7-26-8-6-13)20-29-21(31-30-20)28-15-2-4-18-19(10-15)33-12-32-18/h1-10,27H,11-12H2,(H2,28,29,30,31). The number of rotatable bonds is 6. The second-order valence-electron chi connectivity index (χ2n) is 7.17. The smallest absolute Gasteiger partial charge is 0.416 e. The molecule has 0 fully saturated rings. The number of benzene rings is 2. The SMILES string of the molecule is FC(F)(F)c1ccc(-c2nc(Nc3ccc4c(c3)OCO4)n[nH]2)c(NCc2ccncc2)c1. The van der Waals surface area contributed by atoms with Crippen molar-refractivity contribution in [2.75, 3.05) is 17.4 Å². The van der Waals surface area contributed by atoms with Crippen molar-refractivity contribution in [2.45, 2.75) is 12.7 Å². The first-order valence-corrected chi connectivity index (χ1v) is 9.89. The van der Waals surface area contributed by atoms with Gasteiger partial charge in [-0.3, -0.25) is 10.1 Å². The topological polar surface area (TPSA) is 97.0 Å². The highest BCUT2D eigenvalue weighted by atomic mass is 19.4. The maximum Gasteiger partial charge on any atom is 0.416 e. The van der Waals surface area contributed by atoms with Crippen molar-refractivity contribution >= 4 is 17.3 Å². The molecule has 3 heterocycles. The normalized spacial score (nSPS) is 12.6. The first-order chi connectivity index (χ1) is 16.0. The van der Waals surface area contributed by atoms with Gasteiger partial charge in [0.25, 0.3) is 0 Å². The lowest BCUT2D eigenvalue weighted by atomic mass is 10.1. The van der Waals surface area contributed by atoms with Gasteiger partial charge < -0.3 is 20.1 Å². The minimum Gasteiger partial charge on any atom is -0.454 e. The second kappa shape index (κ2) is 8.34. The average molecular weight is 454 g/mol. The lowest BCUT2D eigenvalue weighted by molar-refractivity contribution is -0.137. The highest BCUT2D eigenvalue weighted by Gasteiger charge is 2.31. The summed E-state index contributed by atoms with van der Waals surface area (Å²) in [6.45, 7) is 0.472. The molecule has 168 valence electrons.